The van der Waals surface area contributed by atoms with Gasteiger partial charge in [0, 0.05) is 6.54 Å². The quantitative estimate of drug-likeness (QED) is 0.855. The second-order valence-electron chi connectivity index (χ2n) is 6.12. The number of nitrogens with zero attached hydrogens (tertiary/aromatic N) is 2. The summed E-state index contributed by atoms with van der Waals surface area (Å²) < 4.78 is 11.3. The highest BCUT2D eigenvalue weighted by Gasteiger charge is 2.53. The van der Waals surface area contributed by atoms with Gasteiger partial charge in [-0.2, -0.15) is 5.06 Å². The molecular weight excluding hydrogens is 284 g/mol. The lowest BCUT2D eigenvalue weighted by Crippen LogP contribution is -2.46. The van der Waals surface area contributed by atoms with E-state index in [1.807, 2.05) is 49.2 Å². The molecule has 1 aromatic rings. The van der Waals surface area contributed by atoms with Crippen LogP contribution in [0.2, 0.25) is 0 Å². The highest BCUT2D eigenvalue weighted by molar-refractivity contribution is 5.68. The molecule has 2 heterocycles. The van der Waals surface area contributed by atoms with Crippen molar-refractivity contribution >= 4 is 6.09 Å². The minimum Gasteiger partial charge on any atom is -0.445 e. The van der Waals surface area contributed by atoms with E-state index < -0.39 is 5.72 Å². The summed E-state index contributed by atoms with van der Waals surface area (Å²) in [6.07, 6.45) is -0.352. The molecule has 3 rings (SSSR count). The highest BCUT2D eigenvalue weighted by atomic mass is 16.7. The summed E-state index contributed by atoms with van der Waals surface area (Å²) >= 11 is 0. The standard InChI is InChI=1S/C16H22N2O4/c1-16(2)18(20-3)13-9-17(10-14(13)22-16)15(19)21-11-12-7-5-4-6-8-12/h4-8,13-14H,9-11H2,1-3H3/t13-,14+/m0/s1. The number of benzene rings is 1. The van der Waals surface area contributed by atoms with Gasteiger partial charge in [-0.25, -0.2) is 4.79 Å². The number of rotatable bonds is 3. The summed E-state index contributed by atoms with van der Waals surface area (Å²) in [4.78, 5) is 19.3. The monoisotopic (exact) mass is 306 g/mol. The number of likely N-dealkylation sites (tertiary alicyclic amines) is 1. The first-order valence-corrected chi connectivity index (χ1v) is 7.48. The number of carbonyl (C=O) groups is 1. The predicted molar refractivity (Wildman–Crippen MR) is 79.8 cm³/mol. The molecule has 2 fully saturated rings. The van der Waals surface area contributed by atoms with Crippen LogP contribution in [0.25, 0.3) is 0 Å². The van der Waals surface area contributed by atoms with Crippen LogP contribution >= 0.6 is 0 Å². The Kier molecular flexibility index (Phi) is 4.08. The Bertz CT molecular complexity index is 534. The van der Waals surface area contributed by atoms with E-state index in [4.69, 9.17) is 14.3 Å². The molecule has 0 aliphatic carbocycles. The van der Waals surface area contributed by atoms with Gasteiger partial charge in [-0.1, -0.05) is 30.3 Å². The Morgan fingerprint density at radius 2 is 2.05 bits per heavy atom. The van der Waals surface area contributed by atoms with E-state index in [1.54, 1.807) is 12.0 Å². The van der Waals surface area contributed by atoms with Crippen molar-refractivity contribution in [3.63, 3.8) is 0 Å². The van der Waals surface area contributed by atoms with Gasteiger partial charge in [-0.3, -0.25) is 4.84 Å². The number of amides is 1. The van der Waals surface area contributed by atoms with Crippen LogP contribution in [0.3, 0.4) is 0 Å². The molecule has 0 saturated carbocycles. The topological polar surface area (TPSA) is 51.2 Å². The SMILES string of the molecule is CON1[C@H]2CN(C(=O)OCc3ccccc3)C[C@H]2OC1(C)C. The second kappa shape index (κ2) is 5.87. The summed E-state index contributed by atoms with van der Waals surface area (Å²) in [5.41, 5.74) is 0.510. The van der Waals surface area contributed by atoms with E-state index in [-0.39, 0.29) is 24.8 Å². The molecule has 120 valence electrons. The van der Waals surface area contributed by atoms with Gasteiger partial charge in [0.15, 0.2) is 0 Å². The summed E-state index contributed by atoms with van der Waals surface area (Å²) in [7, 11) is 1.63. The molecule has 0 spiro atoms. The average Bonchev–Trinajstić information content (AvgIpc) is 2.99. The van der Waals surface area contributed by atoms with Crippen LogP contribution in [0.4, 0.5) is 4.79 Å². The third kappa shape index (κ3) is 2.82. The van der Waals surface area contributed by atoms with Crippen LogP contribution in [0.15, 0.2) is 30.3 Å². The molecule has 2 saturated heterocycles. The molecule has 2 atom stereocenters. The van der Waals surface area contributed by atoms with Crippen molar-refractivity contribution in [2.75, 3.05) is 20.2 Å². The molecule has 0 bridgehead atoms. The smallest absolute Gasteiger partial charge is 0.410 e. The zero-order valence-corrected chi connectivity index (χ0v) is 13.2. The molecule has 6 heteroatoms. The summed E-state index contributed by atoms with van der Waals surface area (Å²) in [6.45, 7) is 5.29. The zero-order valence-electron chi connectivity index (χ0n) is 13.2. The van der Waals surface area contributed by atoms with Gasteiger partial charge in [0.2, 0.25) is 0 Å². The van der Waals surface area contributed by atoms with Crippen molar-refractivity contribution in [3.8, 4) is 0 Å². The van der Waals surface area contributed by atoms with Crippen LogP contribution in [0, 0.1) is 0 Å². The van der Waals surface area contributed by atoms with Crippen LogP contribution in [0.1, 0.15) is 19.4 Å². The Morgan fingerprint density at radius 1 is 1.32 bits per heavy atom. The number of carbonyl (C=O) groups excluding carboxylic acids is 1. The summed E-state index contributed by atoms with van der Waals surface area (Å²) in [5.74, 6) is 0. The molecule has 2 aliphatic heterocycles. The van der Waals surface area contributed by atoms with Crippen molar-refractivity contribution in [2.24, 2.45) is 0 Å². The Morgan fingerprint density at radius 3 is 2.73 bits per heavy atom. The van der Waals surface area contributed by atoms with Crippen molar-refractivity contribution < 1.29 is 19.1 Å². The summed E-state index contributed by atoms with van der Waals surface area (Å²) in [5, 5.41) is 1.82. The van der Waals surface area contributed by atoms with Crippen molar-refractivity contribution in [2.45, 2.75) is 38.3 Å². The third-order valence-corrected chi connectivity index (χ3v) is 4.17. The highest BCUT2D eigenvalue weighted by Crippen LogP contribution is 2.36. The second-order valence-corrected chi connectivity index (χ2v) is 6.12. The van der Waals surface area contributed by atoms with E-state index in [9.17, 15) is 4.79 Å². The molecule has 22 heavy (non-hydrogen) atoms. The number of fused-ring (bicyclic) bond motifs is 1. The maximum atomic E-state index is 12.2. The van der Waals surface area contributed by atoms with Gasteiger partial charge in [-0.15, -0.1) is 0 Å². The lowest BCUT2D eigenvalue weighted by molar-refractivity contribution is -0.244. The fourth-order valence-corrected chi connectivity index (χ4v) is 3.23. The lowest BCUT2D eigenvalue weighted by atomic mass is 10.2. The fraction of sp³-hybridized carbons (Fsp3) is 0.562. The van der Waals surface area contributed by atoms with Gasteiger partial charge < -0.3 is 14.4 Å². The van der Waals surface area contributed by atoms with Gasteiger partial charge >= 0.3 is 6.09 Å². The summed E-state index contributed by atoms with van der Waals surface area (Å²) in [6, 6.07) is 9.70. The van der Waals surface area contributed by atoms with Crippen molar-refractivity contribution in [1.82, 2.24) is 9.96 Å². The van der Waals surface area contributed by atoms with E-state index in [0.717, 1.165) is 5.56 Å². The molecule has 0 aromatic heterocycles. The van der Waals surface area contributed by atoms with E-state index in [0.29, 0.717) is 13.1 Å². The van der Waals surface area contributed by atoms with Gasteiger partial charge in [0.1, 0.15) is 12.3 Å². The normalized spacial score (nSPS) is 27.0. The number of hydrogen-bond donors (Lipinski definition) is 0. The zero-order chi connectivity index (χ0) is 15.7. The predicted octanol–water partition coefficient (Wildman–Crippen LogP) is 2.01. The van der Waals surface area contributed by atoms with Crippen LogP contribution in [0.5, 0.6) is 0 Å². The molecule has 0 radical (unpaired) electrons. The minimum atomic E-state index is -0.468. The van der Waals surface area contributed by atoms with Crippen LogP contribution < -0.4 is 0 Å². The van der Waals surface area contributed by atoms with E-state index in [1.165, 1.54) is 0 Å². The molecule has 0 unspecified atom stereocenters. The van der Waals surface area contributed by atoms with Crippen molar-refractivity contribution in [1.29, 1.82) is 0 Å². The molecule has 1 aromatic carbocycles. The Labute approximate surface area is 130 Å². The third-order valence-electron chi connectivity index (χ3n) is 4.17. The van der Waals surface area contributed by atoms with Crippen molar-refractivity contribution in [3.05, 3.63) is 35.9 Å². The Hall–Kier alpha value is -1.63. The number of hydroxylamine groups is 2. The molecule has 6 nitrogen and oxygen atoms in total. The number of hydrogen-bond acceptors (Lipinski definition) is 5. The first-order valence-electron chi connectivity index (χ1n) is 7.48. The lowest BCUT2D eigenvalue weighted by Gasteiger charge is -2.31. The maximum absolute atomic E-state index is 12.2. The molecule has 0 N–H and O–H groups in total. The fourth-order valence-electron chi connectivity index (χ4n) is 3.23. The van der Waals surface area contributed by atoms with Gasteiger partial charge in [0.05, 0.1) is 25.8 Å². The average molecular weight is 306 g/mol. The molecule has 1 amide bonds. The van der Waals surface area contributed by atoms with E-state index >= 15 is 0 Å². The van der Waals surface area contributed by atoms with Crippen LogP contribution in [-0.4, -0.2) is 54.1 Å². The maximum Gasteiger partial charge on any atom is 0.410 e. The Balaban J connectivity index is 1.56. The van der Waals surface area contributed by atoms with E-state index in [2.05, 4.69) is 0 Å². The first kappa shape index (κ1) is 15.3. The van der Waals surface area contributed by atoms with Crippen LogP contribution in [-0.2, 0) is 20.9 Å². The largest absolute Gasteiger partial charge is 0.445 e. The number of ether oxygens (including phenoxy) is 2. The van der Waals surface area contributed by atoms with Gasteiger partial charge in [0.25, 0.3) is 0 Å². The minimum absolute atomic E-state index is 0.0424. The first-order chi connectivity index (χ1) is 10.5. The molecular formula is C16H22N2O4. The molecule has 2 aliphatic rings. The van der Waals surface area contributed by atoms with Gasteiger partial charge in [-0.05, 0) is 19.4 Å².